The molecule has 0 saturated carbocycles. The molecule has 7 heteroatoms. The predicted molar refractivity (Wildman–Crippen MR) is 106 cm³/mol. The van der Waals surface area contributed by atoms with Crippen molar-refractivity contribution in [2.45, 2.75) is 20.8 Å². The van der Waals surface area contributed by atoms with Crippen LogP contribution in [0, 0.1) is 20.8 Å². The molecule has 0 atom stereocenters. The van der Waals surface area contributed by atoms with Crippen LogP contribution in [0.2, 0.25) is 0 Å². The molecule has 28 heavy (non-hydrogen) atoms. The first-order chi connectivity index (χ1) is 13.5. The lowest BCUT2D eigenvalue weighted by molar-refractivity contribution is 0.0445. The summed E-state index contributed by atoms with van der Waals surface area (Å²) >= 11 is 1.49. The monoisotopic (exact) mass is 394 g/mol. The largest absolute Gasteiger partial charge is 0.451 e. The Balaban J connectivity index is 1.52. The zero-order chi connectivity index (χ0) is 19.8. The van der Waals surface area contributed by atoms with Gasteiger partial charge in [0.25, 0.3) is 0 Å². The number of Topliss-reactive ketones (excluding diaryl/α,β-unsaturated/α-hetero) is 1. The van der Waals surface area contributed by atoms with E-state index in [9.17, 15) is 9.59 Å². The van der Waals surface area contributed by atoms with Gasteiger partial charge in [-0.3, -0.25) is 9.36 Å². The molecule has 0 aliphatic heterocycles. The number of fused-ring (bicyclic) bond motifs is 1. The maximum absolute atomic E-state index is 12.7. The highest BCUT2D eigenvalue weighted by Crippen LogP contribution is 2.26. The normalized spacial score (nSPS) is 11.1. The van der Waals surface area contributed by atoms with Gasteiger partial charge < -0.3 is 9.15 Å². The number of para-hydroxylation sites is 1. The Morgan fingerprint density at radius 1 is 1.21 bits per heavy atom. The fourth-order valence-electron chi connectivity index (χ4n) is 3.31. The van der Waals surface area contributed by atoms with Crippen molar-refractivity contribution in [1.82, 2.24) is 9.55 Å². The van der Waals surface area contributed by atoms with Gasteiger partial charge in [0.05, 0.1) is 0 Å². The second kappa shape index (κ2) is 7.09. The molecule has 0 radical (unpaired) electrons. The van der Waals surface area contributed by atoms with Crippen molar-refractivity contribution in [2.75, 3.05) is 6.61 Å². The van der Waals surface area contributed by atoms with Gasteiger partial charge in [-0.25, -0.2) is 9.78 Å². The molecule has 4 aromatic rings. The molecule has 0 fully saturated rings. The van der Waals surface area contributed by atoms with Crippen LogP contribution in [0.4, 0.5) is 0 Å². The Morgan fingerprint density at radius 2 is 2.00 bits per heavy atom. The third kappa shape index (κ3) is 3.03. The number of ketones is 1. The van der Waals surface area contributed by atoms with E-state index in [0.29, 0.717) is 16.7 Å². The van der Waals surface area contributed by atoms with Crippen molar-refractivity contribution in [3.8, 4) is 5.13 Å². The lowest BCUT2D eigenvalue weighted by atomic mass is 10.1. The molecular formula is C21H18N2O4S. The van der Waals surface area contributed by atoms with Crippen LogP contribution in [0.25, 0.3) is 16.1 Å². The summed E-state index contributed by atoms with van der Waals surface area (Å²) in [5.41, 5.74) is 3.51. The van der Waals surface area contributed by atoms with Crippen molar-refractivity contribution >= 4 is 34.1 Å². The number of hydrogen-bond acceptors (Lipinski definition) is 6. The van der Waals surface area contributed by atoms with Gasteiger partial charge in [-0.05, 0) is 32.9 Å². The molecule has 0 aliphatic rings. The molecule has 0 unspecified atom stereocenters. The number of ether oxygens (including phenoxy) is 1. The van der Waals surface area contributed by atoms with Gasteiger partial charge in [-0.2, -0.15) is 0 Å². The summed E-state index contributed by atoms with van der Waals surface area (Å²) in [6.45, 7) is 5.21. The van der Waals surface area contributed by atoms with E-state index in [0.717, 1.165) is 21.9 Å². The third-order valence-corrected chi connectivity index (χ3v) is 5.46. The third-order valence-electron chi connectivity index (χ3n) is 4.71. The topological polar surface area (TPSA) is 74.3 Å². The van der Waals surface area contributed by atoms with Crippen molar-refractivity contribution in [1.29, 1.82) is 0 Å². The number of aryl methyl sites for hydroxylation is 2. The van der Waals surface area contributed by atoms with E-state index in [4.69, 9.17) is 9.15 Å². The molecule has 1 aromatic carbocycles. The van der Waals surface area contributed by atoms with Crippen molar-refractivity contribution in [3.63, 3.8) is 0 Å². The first-order valence-electron chi connectivity index (χ1n) is 8.74. The van der Waals surface area contributed by atoms with E-state index in [2.05, 4.69) is 4.98 Å². The molecule has 0 N–H and O–H groups in total. The molecule has 3 aromatic heterocycles. The Labute approximate surface area is 165 Å². The molecule has 0 spiro atoms. The minimum Gasteiger partial charge on any atom is -0.451 e. The second-order valence-electron chi connectivity index (χ2n) is 6.49. The molecule has 142 valence electrons. The van der Waals surface area contributed by atoms with Crippen LogP contribution in [0.1, 0.15) is 37.9 Å². The molecule has 0 bridgehead atoms. The minimum atomic E-state index is -0.643. The molecule has 4 rings (SSSR count). The number of nitrogens with zero attached hydrogens (tertiary/aromatic N) is 2. The smallest absolute Gasteiger partial charge is 0.375 e. The summed E-state index contributed by atoms with van der Waals surface area (Å²) in [7, 11) is 0. The fourth-order valence-corrected chi connectivity index (χ4v) is 4.06. The Kier molecular flexibility index (Phi) is 4.60. The lowest BCUT2D eigenvalue weighted by Crippen LogP contribution is -2.15. The van der Waals surface area contributed by atoms with E-state index in [-0.39, 0.29) is 18.2 Å². The zero-order valence-corrected chi connectivity index (χ0v) is 16.5. The van der Waals surface area contributed by atoms with E-state index in [1.807, 2.05) is 42.0 Å². The summed E-state index contributed by atoms with van der Waals surface area (Å²) in [5, 5.41) is 3.53. The van der Waals surface area contributed by atoms with Gasteiger partial charge in [-0.1, -0.05) is 18.2 Å². The molecule has 0 amide bonds. The van der Waals surface area contributed by atoms with Crippen LogP contribution in [0.5, 0.6) is 0 Å². The standard InChI is InChI=1S/C21H18N2O4S/c1-12-10-16(14(3)23(12)21-22-8-9-28-21)17(24)11-26-20(25)19-13(2)15-6-4-5-7-18(15)27-19/h4-10H,11H2,1-3H3. The fraction of sp³-hybridized carbons (Fsp3) is 0.190. The highest BCUT2D eigenvalue weighted by atomic mass is 32.1. The highest BCUT2D eigenvalue weighted by molar-refractivity contribution is 7.12. The first kappa shape index (κ1) is 18.2. The van der Waals surface area contributed by atoms with Crippen LogP contribution >= 0.6 is 11.3 Å². The summed E-state index contributed by atoms with van der Waals surface area (Å²) in [4.78, 5) is 29.4. The molecule has 3 heterocycles. The maximum atomic E-state index is 12.7. The van der Waals surface area contributed by atoms with Crippen LogP contribution in [-0.2, 0) is 4.74 Å². The maximum Gasteiger partial charge on any atom is 0.375 e. The average molecular weight is 394 g/mol. The number of carbonyl (C=O) groups is 2. The van der Waals surface area contributed by atoms with Crippen LogP contribution in [0.3, 0.4) is 0 Å². The van der Waals surface area contributed by atoms with Crippen molar-refractivity contribution in [2.24, 2.45) is 0 Å². The van der Waals surface area contributed by atoms with E-state index in [1.165, 1.54) is 11.3 Å². The Bertz CT molecular complexity index is 1180. The van der Waals surface area contributed by atoms with Crippen LogP contribution < -0.4 is 0 Å². The SMILES string of the molecule is Cc1c(C(=O)OCC(=O)c2cc(C)n(-c3nccs3)c2C)oc2ccccc12. The van der Waals surface area contributed by atoms with E-state index >= 15 is 0 Å². The number of benzene rings is 1. The molecule has 0 saturated heterocycles. The first-order valence-corrected chi connectivity index (χ1v) is 9.62. The molecular weight excluding hydrogens is 376 g/mol. The van der Waals surface area contributed by atoms with Crippen molar-refractivity contribution in [3.05, 3.63) is 70.2 Å². The van der Waals surface area contributed by atoms with Crippen LogP contribution in [0.15, 0.2) is 46.3 Å². The highest BCUT2D eigenvalue weighted by Gasteiger charge is 2.22. The zero-order valence-electron chi connectivity index (χ0n) is 15.7. The Hall–Kier alpha value is -3.19. The predicted octanol–water partition coefficient (Wildman–Crippen LogP) is 4.64. The number of thiazole rings is 1. The average Bonchev–Trinajstić information content (AvgIpc) is 3.39. The summed E-state index contributed by atoms with van der Waals surface area (Å²) < 4.78 is 12.8. The van der Waals surface area contributed by atoms with Gasteiger partial charge in [0.1, 0.15) is 5.58 Å². The number of furan rings is 1. The van der Waals surface area contributed by atoms with Gasteiger partial charge >= 0.3 is 5.97 Å². The van der Waals surface area contributed by atoms with E-state index in [1.54, 1.807) is 25.3 Å². The number of aromatic nitrogens is 2. The minimum absolute atomic E-state index is 0.127. The molecule has 0 aliphatic carbocycles. The molecule has 6 nitrogen and oxygen atoms in total. The summed E-state index contributed by atoms with van der Waals surface area (Å²) in [6, 6.07) is 9.17. The van der Waals surface area contributed by atoms with Crippen molar-refractivity contribution < 1.29 is 18.7 Å². The van der Waals surface area contributed by atoms with Gasteiger partial charge in [0, 0.05) is 39.5 Å². The number of carbonyl (C=O) groups excluding carboxylic acids is 2. The number of rotatable bonds is 5. The Morgan fingerprint density at radius 3 is 2.71 bits per heavy atom. The van der Waals surface area contributed by atoms with Gasteiger partial charge in [-0.15, -0.1) is 11.3 Å². The van der Waals surface area contributed by atoms with E-state index < -0.39 is 5.97 Å². The van der Waals surface area contributed by atoms with Gasteiger partial charge in [0.2, 0.25) is 11.5 Å². The van der Waals surface area contributed by atoms with Crippen LogP contribution in [-0.4, -0.2) is 27.9 Å². The summed E-state index contributed by atoms with van der Waals surface area (Å²) in [5.74, 6) is -0.781. The second-order valence-corrected chi connectivity index (χ2v) is 7.36. The number of hydrogen-bond donors (Lipinski definition) is 0. The summed E-state index contributed by atoms with van der Waals surface area (Å²) in [6.07, 6.45) is 1.72. The lowest BCUT2D eigenvalue weighted by Gasteiger charge is -2.06. The quantitative estimate of drug-likeness (QED) is 0.364. The number of esters is 1. The van der Waals surface area contributed by atoms with Gasteiger partial charge in [0.15, 0.2) is 11.7 Å².